The van der Waals surface area contributed by atoms with Crippen LogP contribution in [0, 0.1) is 0 Å². The van der Waals surface area contributed by atoms with Crippen molar-refractivity contribution in [3.63, 3.8) is 0 Å². The van der Waals surface area contributed by atoms with Crippen molar-refractivity contribution < 1.29 is 85.0 Å². The zero-order valence-electron chi connectivity index (χ0n) is 13.5. The topological polar surface area (TPSA) is 124 Å². The van der Waals surface area contributed by atoms with Crippen LogP contribution in [0.4, 0.5) is 0 Å². The third kappa shape index (κ3) is 8.87. The number of phenolic OH excluding ortho intramolecular Hbond substituents is 2. The van der Waals surface area contributed by atoms with Gasteiger partial charge in [0.15, 0.2) is 21.3 Å². The minimum absolute atomic E-state index is 0. The molecule has 10 heteroatoms. The van der Waals surface area contributed by atoms with E-state index in [4.69, 9.17) is 10.1 Å². The van der Waals surface area contributed by atoms with Gasteiger partial charge in [-0.25, -0.2) is 8.42 Å². The van der Waals surface area contributed by atoms with Crippen molar-refractivity contribution in [1.29, 1.82) is 0 Å². The van der Waals surface area contributed by atoms with E-state index in [9.17, 15) is 18.6 Å². The third-order valence-corrected chi connectivity index (χ3v) is 3.76. The van der Waals surface area contributed by atoms with Crippen molar-refractivity contribution in [1.82, 2.24) is 0 Å². The average Bonchev–Trinajstić information content (AvgIpc) is 2.49. The van der Waals surface area contributed by atoms with Crippen molar-refractivity contribution in [2.45, 2.75) is 4.90 Å². The van der Waals surface area contributed by atoms with Gasteiger partial charge in [-0.3, -0.25) is 4.79 Å². The van der Waals surface area contributed by atoms with E-state index < -0.39 is 9.84 Å². The molecule has 0 aliphatic heterocycles. The standard InChI is InChI=1S/C13H12O4S.CH2O3.2K/c1-18(16,17)11-5-2-9(3-6-11)10-4-7-12(14)13(15)8-10;2-1-4-3;;/h2-8,14-15H,1H3;1,3H;;/q;;;+1/p-1. The van der Waals surface area contributed by atoms with Crippen molar-refractivity contribution >= 4 is 67.7 Å². The Morgan fingerprint density at radius 1 is 1.00 bits per heavy atom. The van der Waals surface area contributed by atoms with E-state index in [1.807, 2.05) is 0 Å². The van der Waals surface area contributed by atoms with Crippen LogP contribution in [0.15, 0.2) is 47.4 Å². The van der Waals surface area contributed by atoms with Crippen LogP contribution in [-0.2, 0) is 19.5 Å². The molecule has 2 N–H and O–H groups in total. The first-order valence-electron chi connectivity index (χ1n) is 5.84. The maximum Gasteiger partial charge on any atom is 1.00 e. The van der Waals surface area contributed by atoms with Crippen LogP contribution in [0.25, 0.3) is 11.1 Å². The summed E-state index contributed by atoms with van der Waals surface area (Å²) in [5.41, 5.74) is 1.46. The SMILES string of the molecule is CS(=O)(=O)c1ccc(-c2ccc(O)c(O)c2)cc1.O=CO[O-].[K+].[K]. The Morgan fingerprint density at radius 3 is 1.83 bits per heavy atom. The molecule has 7 nitrogen and oxygen atoms in total. The number of rotatable bonds is 3. The molecule has 0 spiro atoms. The fourth-order valence-corrected chi connectivity index (χ4v) is 2.23. The molecule has 0 fully saturated rings. The first kappa shape index (κ1) is 26.9. The Hall–Kier alpha value is 0.693. The largest absolute Gasteiger partial charge is 1.00 e. The maximum atomic E-state index is 11.3. The van der Waals surface area contributed by atoms with Crippen molar-refractivity contribution in [3.05, 3.63) is 42.5 Å². The molecule has 2 rings (SSSR count). The maximum absolute atomic E-state index is 11.3. The second-order valence-electron chi connectivity index (χ2n) is 4.19. The van der Waals surface area contributed by atoms with Gasteiger partial charge in [0.25, 0.3) is 6.47 Å². The molecule has 119 valence electrons. The van der Waals surface area contributed by atoms with Gasteiger partial charge >= 0.3 is 51.4 Å². The van der Waals surface area contributed by atoms with Gasteiger partial charge < -0.3 is 20.4 Å². The molecule has 0 atom stereocenters. The van der Waals surface area contributed by atoms with Gasteiger partial charge in [0.2, 0.25) is 0 Å². The first-order valence-corrected chi connectivity index (χ1v) is 7.73. The molecular weight excluding hydrogens is 390 g/mol. The fourth-order valence-electron chi connectivity index (χ4n) is 1.60. The van der Waals surface area contributed by atoms with E-state index in [0.29, 0.717) is 5.56 Å². The summed E-state index contributed by atoms with van der Waals surface area (Å²) in [7, 11) is -3.21. The van der Waals surface area contributed by atoms with Gasteiger partial charge in [0.1, 0.15) is 0 Å². The molecule has 0 saturated heterocycles. The molecule has 0 aromatic heterocycles. The number of carbonyl (C=O) groups is 1. The minimum atomic E-state index is -3.21. The first-order chi connectivity index (χ1) is 10.3. The fraction of sp³-hybridized carbons (Fsp3) is 0.0714. The van der Waals surface area contributed by atoms with Crippen LogP contribution in [-0.4, -0.2) is 82.7 Å². The minimum Gasteiger partial charge on any atom is -0.662 e. The van der Waals surface area contributed by atoms with Gasteiger partial charge in [-0.15, -0.1) is 0 Å². The third-order valence-electron chi connectivity index (χ3n) is 2.63. The molecule has 0 heterocycles. The summed E-state index contributed by atoms with van der Waals surface area (Å²) in [6.45, 7) is -0.181. The van der Waals surface area contributed by atoms with Crippen molar-refractivity contribution in [2.75, 3.05) is 6.26 Å². The quantitative estimate of drug-likeness (QED) is 0.187. The zero-order valence-corrected chi connectivity index (χ0v) is 20.5. The number of hydrogen-bond acceptors (Lipinski definition) is 7. The number of sulfone groups is 1. The van der Waals surface area contributed by atoms with Gasteiger partial charge in [0.05, 0.1) is 4.90 Å². The smallest absolute Gasteiger partial charge is 0.662 e. The van der Waals surface area contributed by atoms with E-state index in [0.717, 1.165) is 11.8 Å². The number of aromatic hydroxyl groups is 2. The van der Waals surface area contributed by atoms with E-state index in [-0.39, 0.29) is 126 Å². The summed E-state index contributed by atoms with van der Waals surface area (Å²) >= 11 is 0. The van der Waals surface area contributed by atoms with Gasteiger partial charge in [-0.2, -0.15) is 0 Å². The molecule has 0 amide bonds. The Bertz CT molecular complexity index is 746. The number of benzene rings is 2. The Morgan fingerprint density at radius 2 is 1.46 bits per heavy atom. The average molecular weight is 404 g/mol. The van der Waals surface area contributed by atoms with Gasteiger partial charge in [-0.05, 0) is 35.4 Å². The second-order valence-corrected chi connectivity index (χ2v) is 6.21. The molecular formula is C14H13K2O7S. The molecule has 2 aromatic rings. The summed E-state index contributed by atoms with van der Waals surface area (Å²) in [6.07, 6.45) is 1.15. The summed E-state index contributed by atoms with van der Waals surface area (Å²) in [4.78, 5) is 11.5. The molecule has 0 aliphatic rings. The van der Waals surface area contributed by atoms with E-state index in [2.05, 4.69) is 4.89 Å². The summed E-state index contributed by atoms with van der Waals surface area (Å²) in [5.74, 6) is -0.397. The summed E-state index contributed by atoms with van der Waals surface area (Å²) in [6, 6.07) is 10.8. The van der Waals surface area contributed by atoms with Gasteiger partial charge in [-0.1, -0.05) is 18.2 Å². The summed E-state index contributed by atoms with van der Waals surface area (Å²) in [5, 5.41) is 27.0. The van der Waals surface area contributed by atoms with Crippen LogP contribution < -0.4 is 56.6 Å². The Balaban J connectivity index is 0. The molecule has 0 bridgehead atoms. The molecule has 24 heavy (non-hydrogen) atoms. The van der Waals surface area contributed by atoms with Crippen molar-refractivity contribution in [2.24, 2.45) is 0 Å². The van der Waals surface area contributed by atoms with Crippen LogP contribution in [0.1, 0.15) is 0 Å². The molecule has 1 radical (unpaired) electrons. The predicted molar refractivity (Wildman–Crippen MR) is 81.2 cm³/mol. The predicted octanol–water partition coefficient (Wildman–Crippen LogP) is -2.77. The van der Waals surface area contributed by atoms with Crippen LogP contribution in [0.2, 0.25) is 0 Å². The molecule has 2 aromatic carbocycles. The number of hydrogen-bond donors (Lipinski definition) is 2. The monoisotopic (exact) mass is 403 g/mol. The van der Waals surface area contributed by atoms with E-state index >= 15 is 0 Å². The van der Waals surface area contributed by atoms with Crippen LogP contribution >= 0.6 is 0 Å². The Labute approximate surface area is 224 Å². The number of phenols is 2. The Kier molecular flexibility index (Phi) is 14.5. The molecule has 0 saturated carbocycles. The molecule has 0 unspecified atom stereocenters. The van der Waals surface area contributed by atoms with E-state index in [1.54, 1.807) is 18.2 Å². The van der Waals surface area contributed by atoms with Gasteiger partial charge in [0, 0.05) is 57.6 Å². The second kappa shape index (κ2) is 13.0. The zero-order chi connectivity index (χ0) is 16.8. The van der Waals surface area contributed by atoms with Crippen LogP contribution in [0.3, 0.4) is 0 Å². The summed E-state index contributed by atoms with van der Waals surface area (Å²) < 4.78 is 22.6. The van der Waals surface area contributed by atoms with Crippen LogP contribution in [0.5, 0.6) is 11.5 Å². The van der Waals surface area contributed by atoms with E-state index in [1.165, 1.54) is 24.3 Å². The number of carbonyl (C=O) groups excluding carboxylic acids is 1. The normalized spacial score (nSPS) is 9.42. The molecule has 0 aliphatic carbocycles. The van der Waals surface area contributed by atoms with Crippen molar-refractivity contribution in [3.8, 4) is 22.6 Å².